The Labute approximate surface area is 211 Å². The zero-order valence-corrected chi connectivity index (χ0v) is 21.7. The van der Waals surface area contributed by atoms with Gasteiger partial charge in [-0.3, -0.25) is 0 Å². The maximum absolute atomic E-state index is 12.2. The number of rotatable bonds is 16. The molecule has 0 fully saturated rings. The second-order valence-electron chi connectivity index (χ2n) is 8.69. The van der Waals surface area contributed by atoms with Gasteiger partial charge in [-0.05, 0) is 19.3 Å². The van der Waals surface area contributed by atoms with Crippen molar-refractivity contribution in [3.05, 3.63) is 18.7 Å². The maximum Gasteiger partial charge on any atom is 0.460 e. The van der Waals surface area contributed by atoms with E-state index in [-0.39, 0.29) is 0 Å². The van der Waals surface area contributed by atoms with E-state index in [2.05, 4.69) is 41.7 Å². The van der Waals surface area contributed by atoms with Crippen LogP contribution in [0.25, 0.3) is 0 Å². The van der Waals surface area contributed by atoms with Gasteiger partial charge in [0.05, 0.1) is 13.1 Å². The molecule has 0 amide bonds. The van der Waals surface area contributed by atoms with Crippen LogP contribution in [0.5, 0.6) is 0 Å². The summed E-state index contributed by atoms with van der Waals surface area (Å²) in [6.45, 7) is 6.89. The predicted octanol–water partition coefficient (Wildman–Crippen LogP) is 7.06. The van der Waals surface area contributed by atoms with Gasteiger partial charge in [0.1, 0.15) is 12.4 Å². The predicted molar refractivity (Wildman–Crippen MR) is 117 cm³/mol. The van der Waals surface area contributed by atoms with Crippen LogP contribution in [0.15, 0.2) is 18.7 Å². The van der Waals surface area contributed by atoms with Crippen molar-refractivity contribution in [3.8, 4) is 0 Å². The third kappa shape index (κ3) is 10.6. The fourth-order valence-corrected chi connectivity index (χ4v) is 3.61. The first-order valence-electron chi connectivity index (χ1n) is 12.1. The van der Waals surface area contributed by atoms with Gasteiger partial charge in [0.25, 0.3) is 0 Å². The minimum absolute atomic E-state index is 1.17. The number of hydrogen-bond acceptors (Lipinski definition) is 3. The van der Waals surface area contributed by atoms with E-state index in [1.807, 2.05) is 0 Å². The number of imidazole rings is 1. The summed E-state index contributed by atoms with van der Waals surface area (Å²) in [6.07, 6.45) is 14.8. The Bertz CT molecular complexity index is 873. The van der Waals surface area contributed by atoms with Crippen molar-refractivity contribution < 1.29 is 57.1 Å². The number of aromatic nitrogens is 2. The highest BCUT2D eigenvalue weighted by molar-refractivity contribution is 7.86. The van der Waals surface area contributed by atoms with Gasteiger partial charge in [-0.15, -0.1) is 0 Å². The molecule has 0 saturated heterocycles. The molecule has 0 atom stereocenters. The van der Waals surface area contributed by atoms with Crippen LogP contribution in [0.1, 0.15) is 84.5 Å². The lowest BCUT2D eigenvalue weighted by atomic mass is 10.1. The van der Waals surface area contributed by atoms with Crippen molar-refractivity contribution in [3.63, 3.8) is 0 Å². The molecule has 0 spiro atoms. The normalized spacial score (nSPS) is 13.4. The largest absolute Gasteiger partial charge is 0.743 e. The molecule has 0 unspecified atom stereocenters. The van der Waals surface area contributed by atoms with E-state index in [1.165, 1.54) is 83.7 Å². The molecule has 0 bridgehead atoms. The van der Waals surface area contributed by atoms with Crippen LogP contribution in [0.3, 0.4) is 0 Å². The summed E-state index contributed by atoms with van der Waals surface area (Å²) in [4.78, 5) is 0. The van der Waals surface area contributed by atoms with Crippen molar-refractivity contribution >= 4 is 10.1 Å². The lowest BCUT2D eigenvalue weighted by Crippen LogP contribution is -2.63. The van der Waals surface area contributed by atoms with Crippen LogP contribution in [-0.4, -0.2) is 40.8 Å². The smallest absolute Gasteiger partial charge is 0.460 e. The minimum atomic E-state index is -7.43. The van der Waals surface area contributed by atoms with Crippen LogP contribution < -0.4 is 4.57 Å². The van der Waals surface area contributed by atoms with Crippen molar-refractivity contribution in [1.82, 2.24) is 4.57 Å². The third-order valence-electron chi connectivity index (χ3n) is 5.47. The first-order chi connectivity index (χ1) is 16.9. The van der Waals surface area contributed by atoms with Gasteiger partial charge in [-0.2, -0.15) is 39.5 Å². The van der Waals surface area contributed by atoms with E-state index in [0.29, 0.717) is 0 Å². The van der Waals surface area contributed by atoms with Gasteiger partial charge in [-0.25, -0.2) is 17.6 Å². The number of unbranched alkanes of at least 4 members (excludes halogenated alkanes) is 9. The third-order valence-corrected chi connectivity index (χ3v) is 6.35. The van der Waals surface area contributed by atoms with Gasteiger partial charge in [0.2, 0.25) is 6.33 Å². The Hall–Kier alpha value is -1.51. The summed E-state index contributed by atoms with van der Waals surface area (Å²) < 4.78 is 140. The van der Waals surface area contributed by atoms with Crippen LogP contribution in [0, 0.1) is 0 Å². The molecule has 0 aliphatic heterocycles. The summed E-state index contributed by atoms with van der Waals surface area (Å²) in [6, 6.07) is 0. The molecule has 0 aliphatic carbocycles. The Morgan fingerprint density at radius 1 is 0.730 bits per heavy atom. The van der Waals surface area contributed by atoms with Crippen LogP contribution in [-0.2, 0) is 23.2 Å². The number of aryl methyl sites for hydroxylation is 2. The molecular weight excluding hydrogens is 543 g/mol. The quantitative estimate of drug-likeness (QED) is 0.0913. The first-order valence-corrected chi connectivity index (χ1v) is 13.5. The maximum atomic E-state index is 12.2. The van der Waals surface area contributed by atoms with Crippen molar-refractivity contribution in [1.29, 1.82) is 0 Å². The summed E-state index contributed by atoms with van der Waals surface area (Å²) in [7, 11) is -7.42. The standard InChI is InChI=1S/C18H35N2.C4HF9O3S/c1-3-5-7-8-9-10-11-12-13-15-20-17-16-19(18-20)14-6-4-2;5-1(6,3(9,10)11)2(7,8)4(12,13)17(14,15)16/h16-18H,3-15H2,1-2H3;(H,14,15,16)/q+1;/p-1. The average Bonchev–Trinajstić information content (AvgIpc) is 3.23. The Balaban J connectivity index is 0.000000712. The molecule has 1 aromatic rings. The van der Waals surface area contributed by atoms with Gasteiger partial charge in [-0.1, -0.05) is 65.2 Å². The number of halogens is 9. The van der Waals surface area contributed by atoms with E-state index < -0.39 is 33.4 Å². The molecule has 0 aliphatic rings. The van der Waals surface area contributed by atoms with Crippen LogP contribution in [0.4, 0.5) is 39.5 Å². The van der Waals surface area contributed by atoms with E-state index in [1.54, 1.807) is 0 Å². The van der Waals surface area contributed by atoms with Crippen LogP contribution >= 0.6 is 0 Å². The highest BCUT2D eigenvalue weighted by Crippen LogP contribution is 2.54. The van der Waals surface area contributed by atoms with Crippen molar-refractivity contribution in [2.24, 2.45) is 0 Å². The average molecular weight is 579 g/mol. The topological polar surface area (TPSA) is 66.0 Å². The fraction of sp³-hybridized carbons (Fsp3) is 0.864. The van der Waals surface area contributed by atoms with Gasteiger partial charge in [0.15, 0.2) is 10.1 Å². The molecule has 37 heavy (non-hydrogen) atoms. The number of alkyl halides is 9. The molecule has 0 N–H and O–H groups in total. The molecule has 0 saturated carbocycles. The second kappa shape index (κ2) is 15.2. The SMILES string of the molecule is CCCCCCCCCCC[n+]1ccn(CCCC)c1.O=S(=O)([O-])C(F)(F)C(F)(F)C(F)(F)C(F)(F)F. The minimum Gasteiger partial charge on any atom is -0.743 e. The van der Waals surface area contributed by atoms with E-state index >= 15 is 0 Å². The Morgan fingerprint density at radius 3 is 1.62 bits per heavy atom. The van der Waals surface area contributed by atoms with Gasteiger partial charge >= 0.3 is 23.3 Å². The van der Waals surface area contributed by atoms with E-state index in [0.717, 1.165) is 0 Å². The number of hydrogen-bond donors (Lipinski definition) is 0. The highest BCUT2D eigenvalue weighted by atomic mass is 32.2. The van der Waals surface area contributed by atoms with Crippen molar-refractivity contribution in [2.45, 2.75) is 121 Å². The summed E-state index contributed by atoms with van der Waals surface area (Å²) >= 11 is 0. The molecule has 1 rings (SSSR count). The highest BCUT2D eigenvalue weighted by Gasteiger charge is 2.83. The van der Waals surface area contributed by atoms with E-state index in [9.17, 15) is 52.5 Å². The van der Waals surface area contributed by atoms with E-state index in [4.69, 9.17) is 0 Å². The molecule has 220 valence electrons. The summed E-state index contributed by atoms with van der Waals surface area (Å²) in [5, 5.41) is -7.11. The number of nitrogens with zero attached hydrogens (tertiary/aromatic N) is 2. The molecule has 1 aromatic heterocycles. The fourth-order valence-electron chi connectivity index (χ4n) is 3.17. The zero-order chi connectivity index (χ0) is 29.0. The lowest BCUT2D eigenvalue weighted by molar-refractivity contribution is -0.696. The monoisotopic (exact) mass is 578 g/mol. The molecule has 0 aromatic carbocycles. The Kier molecular flexibility index (Phi) is 14.6. The molecule has 1 heterocycles. The second-order valence-corrected chi connectivity index (χ2v) is 10.1. The van der Waals surface area contributed by atoms with Crippen molar-refractivity contribution in [2.75, 3.05) is 0 Å². The zero-order valence-electron chi connectivity index (χ0n) is 20.9. The molecule has 0 radical (unpaired) electrons. The Morgan fingerprint density at radius 2 is 1.19 bits per heavy atom. The summed E-state index contributed by atoms with van der Waals surface area (Å²) in [5.74, 6) is -14.8. The van der Waals surface area contributed by atoms with Crippen LogP contribution in [0.2, 0.25) is 0 Å². The first kappa shape index (κ1) is 35.5. The molecular formula is C22H35F9N2O3S. The molecule has 15 heteroatoms. The van der Waals surface area contributed by atoms with Gasteiger partial charge in [0, 0.05) is 0 Å². The molecule has 5 nitrogen and oxygen atoms in total. The summed E-state index contributed by atoms with van der Waals surface area (Å²) in [5.41, 5.74) is 0. The van der Waals surface area contributed by atoms with Gasteiger partial charge < -0.3 is 4.55 Å². The lowest BCUT2D eigenvalue weighted by Gasteiger charge is -2.34.